The van der Waals surface area contributed by atoms with E-state index in [0.29, 0.717) is 18.1 Å². The highest BCUT2D eigenvalue weighted by atomic mass is 16.6. The summed E-state index contributed by atoms with van der Waals surface area (Å²) in [5.41, 5.74) is -0.415. The molecule has 0 aromatic rings. The summed E-state index contributed by atoms with van der Waals surface area (Å²) in [5, 5.41) is 3.05. The van der Waals surface area contributed by atoms with Gasteiger partial charge in [-0.05, 0) is 60.3 Å². The van der Waals surface area contributed by atoms with Gasteiger partial charge >= 0.3 is 6.09 Å². The van der Waals surface area contributed by atoms with Crippen LogP contribution < -0.4 is 5.32 Å². The van der Waals surface area contributed by atoms with Gasteiger partial charge in [0.1, 0.15) is 5.60 Å². The maximum absolute atomic E-state index is 11.8. The fourth-order valence-corrected chi connectivity index (χ4v) is 3.65. The molecule has 2 bridgehead atoms. The van der Waals surface area contributed by atoms with E-state index in [9.17, 15) is 4.79 Å². The Kier molecular flexibility index (Phi) is 4.09. The van der Waals surface area contributed by atoms with Crippen LogP contribution in [0.2, 0.25) is 0 Å². The number of hydrogen-bond donors (Lipinski definition) is 1. The number of piperidine rings is 1. The quantitative estimate of drug-likeness (QED) is 0.837. The van der Waals surface area contributed by atoms with Gasteiger partial charge in [-0.15, -0.1) is 0 Å². The Labute approximate surface area is 116 Å². The van der Waals surface area contributed by atoms with Crippen LogP contribution in [0.5, 0.6) is 0 Å². The van der Waals surface area contributed by atoms with E-state index in [1.165, 1.54) is 12.8 Å². The van der Waals surface area contributed by atoms with E-state index in [4.69, 9.17) is 4.74 Å². The predicted molar refractivity (Wildman–Crippen MR) is 76.2 cm³/mol. The second kappa shape index (κ2) is 5.31. The standard InChI is InChI=1S/C15H28N2O2/c1-10(2)17-12-6-7-13(17)9-11(8-12)16-14(18)19-15(3,4)5/h10-13H,6-9H2,1-5H3,(H,16,18). The molecule has 0 saturated carbocycles. The second-order valence-electron chi connectivity index (χ2n) is 7.24. The lowest BCUT2D eigenvalue weighted by molar-refractivity contribution is 0.0412. The smallest absolute Gasteiger partial charge is 0.407 e. The van der Waals surface area contributed by atoms with Gasteiger partial charge in [-0.1, -0.05) is 0 Å². The Morgan fingerprint density at radius 2 is 1.74 bits per heavy atom. The van der Waals surface area contributed by atoms with Crippen LogP contribution in [0.1, 0.15) is 60.3 Å². The van der Waals surface area contributed by atoms with Crippen molar-refractivity contribution in [1.82, 2.24) is 10.2 Å². The number of rotatable bonds is 2. The van der Waals surface area contributed by atoms with Crippen molar-refractivity contribution in [2.75, 3.05) is 0 Å². The molecular weight excluding hydrogens is 240 g/mol. The van der Waals surface area contributed by atoms with Crippen molar-refractivity contribution >= 4 is 6.09 Å². The first-order chi connectivity index (χ1) is 8.76. The number of nitrogens with one attached hydrogen (secondary N) is 1. The summed E-state index contributed by atoms with van der Waals surface area (Å²) in [6.45, 7) is 10.2. The molecule has 2 aliphatic heterocycles. The Morgan fingerprint density at radius 1 is 1.21 bits per heavy atom. The fourth-order valence-electron chi connectivity index (χ4n) is 3.65. The highest BCUT2D eigenvalue weighted by molar-refractivity contribution is 5.68. The number of nitrogens with zero attached hydrogens (tertiary/aromatic N) is 1. The molecular formula is C15H28N2O2. The fraction of sp³-hybridized carbons (Fsp3) is 0.933. The topological polar surface area (TPSA) is 41.6 Å². The maximum atomic E-state index is 11.8. The van der Waals surface area contributed by atoms with Crippen molar-refractivity contribution in [2.45, 2.75) is 90.1 Å². The summed E-state index contributed by atoms with van der Waals surface area (Å²) in [6.07, 6.45) is 4.40. The molecule has 0 aromatic heterocycles. The molecule has 2 saturated heterocycles. The van der Waals surface area contributed by atoms with E-state index in [1.807, 2.05) is 20.8 Å². The number of ether oxygens (including phenoxy) is 1. The van der Waals surface area contributed by atoms with Crippen LogP contribution in [0.25, 0.3) is 0 Å². The van der Waals surface area contributed by atoms with Gasteiger partial charge in [0.05, 0.1) is 0 Å². The minimum atomic E-state index is -0.415. The number of carbonyl (C=O) groups is 1. The van der Waals surface area contributed by atoms with Crippen molar-refractivity contribution < 1.29 is 9.53 Å². The second-order valence-corrected chi connectivity index (χ2v) is 7.24. The van der Waals surface area contributed by atoms with E-state index < -0.39 is 5.60 Å². The molecule has 4 nitrogen and oxygen atoms in total. The third kappa shape index (κ3) is 3.62. The molecule has 0 radical (unpaired) electrons. The molecule has 110 valence electrons. The molecule has 2 aliphatic rings. The van der Waals surface area contributed by atoms with Crippen LogP contribution in [-0.4, -0.2) is 40.8 Å². The number of alkyl carbamates (subject to hydrolysis) is 1. The van der Waals surface area contributed by atoms with Gasteiger partial charge in [0.2, 0.25) is 0 Å². The zero-order chi connectivity index (χ0) is 14.2. The van der Waals surface area contributed by atoms with Gasteiger partial charge in [-0.3, -0.25) is 4.90 Å². The molecule has 2 rings (SSSR count). The predicted octanol–water partition coefficient (Wildman–Crippen LogP) is 2.91. The SMILES string of the molecule is CC(C)N1C2CCC1CC(NC(=O)OC(C)(C)C)C2. The van der Waals surface area contributed by atoms with Crippen LogP contribution in [0.4, 0.5) is 4.79 Å². The molecule has 0 aliphatic carbocycles. The summed E-state index contributed by atoms with van der Waals surface area (Å²) in [4.78, 5) is 14.5. The highest BCUT2D eigenvalue weighted by Crippen LogP contribution is 2.37. The van der Waals surface area contributed by atoms with Crippen molar-refractivity contribution in [2.24, 2.45) is 0 Å². The minimum Gasteiger partial charge on any atom is -0.444 e. The largest absolute Gasteiger partial charge is 0.444 e. The van der Waals surface area contributed by atoms with Gasteiger partial charge in [-0.2, -0.15) is 0 Å². The number of hydrogen-bond acceptors (Lipinski definition) is 3. The van der Waals surface area contributed by atoms with Crippen LogP contribution in [0.3, 0.4) is 0 Å². The van der Waals surface area contributed by atoms with Crippen LogP contribution in [-0.2, 0) is 4.74 Å². The van der Waals surface area contributed by atoms with Crippen LogP contribution in [0, 0.1) is 0 Å². The molecule has 2 fully saturated rings. The van der Waals surface area contributed by atoms with E-state index in [2.05, 4.69) is 24.1 Å². The summed E-state index contributed by atoms with van der Waals surface area (Å²) in [6, 6.07) is 2.17. The number of fused-ring (bicyclic) bond motifs is 2. The van der Waals surface area contributed by atoms with Crippen molar-refractivity contribution in [1.29, 1.82) is 0 Å². The molecule has 19 heavy (non-hydrogen) atoms. The summed E-state index contributed by atoms with van der Waals surface area (Å²) in [5.74, 6) is 0. The monoisotopic (exact) mass is 268 g/mol. The third-order valence-electron chi connectivity index (χ3n) is 4.11. The first-order valence-electron chi connectivity index (χ1n) is 7.53. The van der Waals surface area contributed by atoms with Crippen LogP contribution in [0.15, 0.2) is 0 Å². The van der Waals surface area contributed by atoms with E-state index in [-0.39, 0.29) is 12.1 Å². The molecule has 1 N–H and O–H groups in total. The lowest BCUT2D eigenvalue weighted by Crippen LogP contribution is -2.53. The zero-order valence-corrected chi connectivity index (χ0v) is 12.9. The van der Waals surface area contributed by atoms with Crippen molar-refractivity contribution in [3.63, 3.8) is 0 Å². The van der Waals surface area contributed by atoms with E-state index in [1.54, 1.807) is 0 Å². The Morgan fingerprint density at radius 3 is 2.16 bits per heavy atom. The average Bonchev–Trinajstić information content (AvgIpc) is 2.48. The Bertz CT molecular complexity index is 322. The third-order valence-corrected chi connectivity index (χ3v) is 4.11. The molecule has 0 aromatic carbocycles. The van der Waals surface area contributed by atoms with Gasteiger partial charge < -0.3 is 10.1 Å². The van der Waals surface area contributed by atoms with E-state index in [0.717, 1.165) is 12.8 Å². The summed E-state index contributed by atoms with van der Waals surface area (Å²) < 4.78 is 5.34. The van der Waals surface area contributed by atoms with Crippen molar-refractivity contribution in [3.8, 4) is 0 Å². The number of carbonyl (C=O) groups excluding carboxylic acids is 1. The Balaban J connectivity index is 1.87. The van der Waals surface area contributed by atoms with Gasteiger partial charge in [-0.25, -0.2) is 4.79 Å². The molecule has 1 amide bonds. The Hall–Kier alpha value is -0.770. The molecule has 2 unspecified atom stereocenters. The molecule has 2 heterocycles. The molecule has 2 atom stereocenters. The van der Waals surface area contributed by atoms with Gasteiger partial charge in [0.15, 0.2) is 0 Å². The normalized spacial score (nSPS) is 31.6. The lowest BCUT2D eigenvalue weighted by atomic mass is 9.96. The maximum Gasteiger partial charge on any atom is 0.407 e. The average molecular weight is 268 g/mol. The van der Waals surface area contributed by atoms with Crippen molar-refractivity contribution in [3.05, 3.63) is 0 Å². The molecule has 4 heteroatoms. The van der Waals surface area contributed by atoms with E-state index >= 15 is 0 Å². The summed E-state index contributed by atoms with van der Waals surface area (Å²) in [7, 11) is 0. The summed E-state index contributed by atoms with van der Waals surface area (Å²) >= 11 is 0. The van der Waals surface area contributed by atoms with Crippen LogP contribution >= 0.6 is 0 Å². The zero-order valence-electron chi connectivity index (χ0n) is 12.9. The first-order valence-corrected chi connectivity index (χ1v) is 7.53. The lowest BCUT2D eigenvalue weighted by Gasteiger charge is -2.41. The highest BCUT2D eigenvalue weighted by Gasteiger charge is 2.42. The molecule has 0 spiro atoms. The van der Waals surface area contributed by atoms with Gasteiger partial charge in [0.25, 0.3) is 0 Å². The first kappa shape index (κ1) is 14.6. The number of amides is 1. The van der Waals surface area contributed by atoms with Gasteiger partial charge in [0, 0.05) is 24.2 Å². The minimum absolute atomic E-state index is 0.269.